The van der Waals surface area contributed by atoms with Crippen LogP contribution < -0.4 is 5.32 Å². The molecule has 0 atom stereocenters. The minimum Gasteiger partial charge on any atom is -0.417 e. The first-order chi connectivity index (χ1) is 15.0. The summed E-state index contributed by atoms with van der Waals surface area (Å²) in [5.41, 5.74) is 3.26. The molecule has 0 unspecified atom stereocenters. The zero-order valence-corrected chi connectivity index (χ0v) is 17.4. The molecule has 1 aromatic carbocycles. The summed E-state index contributed by atoms with van der Waals surface area (Å²) in [5.74, 6) is -0.232. The van der Waals surface area contributed by atoms with Crippen LogP contribution in [0, 0.1) is 0 Å². The average molecular weight is 453 g/mol. The van der Waals surface area contributed by atoms with E-state index in [1.807, 2.05) is 30.3 Å². The van der Waals surface area contributed by atoms with E-state index in [4.69, 9.17) is 27.6 Å². The fourth-order valence-corrected chi connectivity index (χ4v) is 3.59. The molecule has 154 valence electrons. The Hall–Kier alpha value is -3.49. The summed E-state index contributed by atoms with van der Waals surface area (Å²) in [6, 6.07) is 9.47. The fourth-order valence-electron chi connectivity index (χ4n) is 3.22. The summed E-state index contributed by atoms with van der Waals surface area (Å²) in [4.78, 5) is 23.9. The van der Waals surface area contributed by atoms with Gasteiger partial charge >= 0.3 is 11.8 Å². The van der Waals surface area contributed by atoms with E-state index in [1.54, 1.807) is 18.6 Å². The number of rotatable bonds is 5. The number of pyridine rings is 2. The summed E-state index contributed by atoms with van der Waals surface area (Å²) < 4.78 is 5.53. The van der Waals surface area contributed by atoms with Gasteiger partial charge in [0, 0.05) is 35.9 Å². The predicted octanol–water partition coefficient (Wildman–Crippen LogP) is 4.32. The monoisotopic (exact) mass is 452 g/mol. The van der Waals surface area contributed by atoms with Gasteiger partial charge in [-0.3, -0.25) is 9.78 Å². The molecule has 5 aromatic rings. The van der Waals surface area contributed by atoms with Crippen LogP contribution in [0.25, 0.3) is 21.9 Å². The van der Waals surface area contributed by atoms with Gasteiger partial charge in [0.1, 0.15) is 5.65 Å². The van der Waals surface area contributed by atoms with Crippen molar-refractivity contribution in [1.82, 2.24) is 30.5 Å². The Kier molecular flexibility index (Phi) is 5.01. The number of carbonyl (C=O) groups excluding carboxylic acids is 1. The van der Waals surface area contributed by atoms with Crippen LogP contribution in [-0.2, 0) is 13.0 Å². The molecule has 0 aliphatic carbocycles. The van der Waals surface area contributed by atoms with Gasteiger partial charge in [0.05, 0.1) is 22.0 Å². The van der Waals surface area contributed by atoms with E-state index in [0.717, 1.165) is 27.4 Å². The number of carbonyl (C=O) groups is 1. The molecule has 0 radical (unpaired) electrons. The first-order valence-corrected chi connectivity index (χ1v) is 10.1. The summed E-state index contributed by atoms with van der Waals surface area (Å²) in [7, 11) is 0. The van der Waals surface area contributed by atoms with Gasteiger partial charge in [-0.05, 0) is 35.4 Å². The molecule has 0 spiro atoms. The average Bonchev–Trinajstić information content (AvgIpc) is 3.38. The second kappa shape index (κ2) is 7.98. The van der Waals surface area contributed by atoms with Gasteiger partial charge in [0.15, 0.2) is 0 Å². The molecule has 4 aromatic heterocycles. The molecular weight excluding hydrogens is 439 g/mol. The molecule has 0 saturated heterocycles. The molecule has 0 saturated carbocycles. The minimum atomic E-state index is -0.464. The molecular formula is C21H14Cl2N6O2. The van der Waals surface area contributed by atoms with E-state index < -0.39 is 5.91 Å². The van der Waals surface area contributed by atoms with Gasteiger partial charge in [-0.2, -0.15) is 0 Å². The van der Waals surface area contributed by atoms with Gasteiger partial charge in [-0.15, -0.1) is 10.2 Å². The van der Waals surface area contributed by atoms with Crippen LogP contribution >= 0.6 is 23.2 Å². The van der Waals surface area contributed by atoms with Crippen molar-refractivity contribution in [2.24, 2.45) is 0 Å². The lowest BCUT2D eigenvalue weighted by molar-refractivity contribution is 0.0914. The second-order valence-electron chi connectivity index (χ2n) is 6.92. The van der Waals surface area contributed by atoms with Gasteiger partial charge in [0.2, 0.25) is 5.89 Å². The van der Waals surface area contributed by atoms with Crippen molar-refractivity contribution in [1.29, 1.82) is 0 Å². The lowest BCUT2D eigenvalue weighted by atomic mass is 10.1. The number of H-pyrrole nitrogens is 1. The number of aromatic amines is 1. The van der Waals surface area contributed by atoms with Gasteiger partial charge in [-0.1, -0.05) is 29.3 Å². The van der Waals surface area contributed by atoms with Crippen LogP contribution in [0.15, 0.2) is 53.3 Å². The van der Waals surface area contributed by atoms with Crippen molar-refractivity contribution in [3.8, 4) is 0 Å². The summed E-state index contributed by atoms with van der Waals surface area (Å²) in [6.45, 7) is 0.249. The topological polar surface area (TPSA) is 110 Å². The first-order valence-electron chi connectivity index (χ1n) is 9.31. The predicted molar refractivity (Wildman–Crippen MR) is 116 cm³/mol. The maximum absolute atomic E-state index is 12.4. The summed E-state index contributed by atoms with van der Waals surface area (Å²) in [6.07, 6.45) is 5.32. The molecule has 0 bridgehead atoms. The molecule has 0 aliphatic heterocycles. The highest BCUT2D eigenvalue weighted by atomic mass is 35.5. The largest absolute Gasteiger partial charge is 0.417 e. The zero-order valence-electron chi connectivity index (χ0n) is 15.9. The quantitative estimate of drug-likeness (QED) is 0.410. The van der Waals surface area contributed by atoms with Crippen molar-refractivity contribution < 1.29 is 9.21 Å². The van der Waals surface area contributed by atoms with Crippen LogP contribution in [0.5, 0.6) is 0 Å². The number of nitrogens with zero attached hydrogens (tertiary/aromatic N) is 4. The Morgan fingerprint density at radius 3 is 2.87 bits per heavy atom. The zero-order chi connectivity index (χ0) is 21.4. The smallest absolute Gasteiger partial charge is 0.309 e. The molecule has 1 amide bonds. The Bertz CT molecular complexity index is 1430. The van der Waals surface area contributed by atoms with E-state index in [1.165, 1.54) is 0 Å². The van der Waals surface area contributed by atoms with Crippen molar-refractivity contribution in [2.45, 2.75) is 13.0 Å². The van der Waals surface area contributed by atoms with Crippen LogP contribution in [-0.4, -0.2) is 31.1 Å². The lowest BCUT2D eigenvalue weighted by Gasteiger charge is -2.03. The number of hydrogen-bond acceptors (Lipinski definition) is 6. The second-order valence-corrected chi connectivity index (χ2v) is 7.76. The van der Waals surface area contributed by atoms with Gasteiger partial charge < -0.3 is 14.7 Å². The van der Waals surface area contributed by atoms with E-state index >= 15 is 0 Å². The number of fused-ring (bicyclic) bond motifs is 2. The number of nitrogens with one attached hydrogen (secondary N) is 2. The Labute approximate surface area is 185 Å². The van der Waals surface area contributed by atoms with Gasteiger partial charge in [0.25, 0.3) is 0 Å². The molecule has 0 fully saturated rings. The highest BCUT2D eigenvalue weighted by Gasteiger charge is 2.15. The molecule has 0 aliphatic rings. The number of hydrogen-bond donors (Lipinski definition) is 2. The third-order valence-electron chi connectivity index (χ3n) is 4.72. The molecule has 4 heterocycles. The van der Waals surface area contributed by atoms with Gasteiger partial charge in [-0.25, -0.2) is 4.98 Å². The summed E-state index contributed by atoms with van der Waals surface area (Å²) >= 11 is 12.1. The van der Waals surface area contributed by atoms with E-state index in [9.17, 15) is 4.79 Å². The summed E-state index contributed by atoms with van der Waals surface area (Å²) in [5, 5.41) is 13.4. The highest BCUT2D eigenvalue weighted by Crippen LogP contribution is 2.22. The third kappa shape index (κ3) is 4.08. The van der Waals surface area contributed by atoms with E-state index in [-0.39, 0.29) is 12.4 Å². The first kappa shape index (κ1) is 19.5. The van der Waals surface area contributed by atoms with E-state index in [2.05, 4.69) is 30.5 Å². The lowest BCUT2D eigenvalue weighted by Crippen LogP contribution is -2.23. The van der Waals surface area contributed by atoms with Crippen molar-refractivity contribution >= 4 is 51.0 Å². The maximum Gasteiger partial charge on any atom is 0.309 e. The molecule has 10 heteroatoms. The Morgan fingerprint density at radius 1 is 1.06 bits per heavy atom. The van der Waals surface area contributed by atoms with E-state index in [0.29, 0.717) is 28.0 Å². The van der Waals surface area contributed by atoms with Crippen molar-refractivity contribution in [3.05, 3.63) is 81.9 Å². The molecule has 31 heavy (non-hydrogen) atoms. The fraction of sp³-hybridized carbons (Fsp3) is 0.0952. The highest BCUT2D eigenvalue weighted by molar-refractivity contribution is 6.35. The maximum atomic E-state index is 12.4. The molecule has 8 nitrogen and oxygen atoms in total. The minimum absolute atomic E-state index is 0.103. The number of amides is 1. The standard InChI is InChI=1S/C21H14Cl2N6O2/c22-14-6-13-3-11(1-2-17(13)24-9-14)5-18-28-29-21(31-18)20(30)27-8-12-4-15-16(23)10-26-19(15)25-7-12/h1-4,6-7,9-10H,5,8H2,(H,25,26)(H,27,30). The molecule has 5 rings (SSSR count). The third-order valence-corrected chi connectivity index (χ3v) is 5.24. The van der Waals surface area contributed by atoms with Crippen LogP contribution in [0.2, 0.25) is 10.0 Å². The van der Waals surface area contributed by atoms with Crippen molar-refractivity contribution in [2.75, 3.05) is 0 Å². The van der Waals surface area contributed by atoms with Crippen LogP contribution in [0.3, 0.4) is 0 Å². The SMILES string of the molecule is O=C(NCc1cnc2[nH]cc(Cl)c2c1)c1nnc(Cc2ccc3ncc(Cl)cc3c2)o1. The normalized spacial score (nSPS) is 11.3. The molecule has 2 N–H and O–H groups in total. The van der Waals surface area contributed by atoms with Crippen molar-refractivity contribution in [3.63, 3.8) is 0 Å². The number of halogens is 2. The Morgan fingerprint density at radius 2 is 1.97 bits per heavy atom. The van der Waals surface area contributed by atoms with Crippen LogP contribution in [0.1, 0.15) is 27.7 Å². The number of benzene rings is 1. The Balaban J connectivity index is 1.26. The van der Waals surface area contributed by atoms with Crippen LogP contribution in [0.4, 0.5) is 0 Å². The number of aromatic nitrogens is 5.